The van der Waals surface area contributed by atoms with Crippen LogP contribution in [0.15, 0.2) is 41.2 Å². The normalized spacial score (nSPS) is 11.1. The smallest absolute Gasteiger partial charge is 0.178 e. The summed E-state index contributed by atoms with van der Waals surface area (Å²) >= 11 is 11.3. The van der Waals surface area contributed by atoms with Crippen LogP contribution in [0.4, 0.5) is 0 Å². The monoisotopic (exact) mass is 264 g/mol. The van der Waals surface area contributed by atoms with Crippen LogP contribution >= 0.6 is 23.8 Å². The van der Waals surface area contributed by atoms with E-state index in [-0.39, 0.29) is 0 Å². The van der Waals surface area contributed by atoms with Gasteiger partial charge in [0.25, 0.3) is 0 Å². The number of hydrogen-bond donors (Lipinski definition) is 1. The van der Waals surface area contributed by atoms with E-state index in [0.717, 1.165) is 16.6 Å². The molecule has 0 spiro atoms. The van der Waals surface area contributed by atoms with Gasteiger partial charge in [0.2, 0.25) is 0 Å². The molecule has 2 heterocycles. The van der Waals surface area contributed by atoms with Gasteiger partial charge in [-0.05, 0) is 36.5 Å². The summed E-state index contributed by atoms with van der Waals surface area (Å²) in [4.78, 5) is 3.16. The first-order valence-electron chi connectivity index (χ1n) is 5.13. The molecule has 1 aromatic carbocycles. The zero-order valence-corrected chi connectivity index (χ0v) is 10.4. The lowest BCUT2D eigenvalue weighted by atomic mass is 10.3. The molecule has 0 aliphatic rings. The van der Waals surface area contributed by atoms with E-state index >= 15 is 0 Å². The standard InChI is InChI=1S/C12H9ClN2OS/c13-9-1-2-10-11(5-9)15(12(17)14-10)6-8-3-4-16-7-8/h1-5,7H,6H2,(H,14,17). The lowest BCUT2D eigenvalue weighted by molar-refractivity contribution is 0.562. The van der Waals surface area contributed by atoms with Crippen LogP contribution in [0.25, 0.3) is 11.0 Å². The largest absolute Gasteiger partial charge is 0.472 e. The Balaban J connectivity index is 2.17. The molecule has 86 valence electrons. The fourth-order valence-electron chi connectivity index (χ4n) is 1.85. The van der Waals surface area contributed by atoms with Crippen molar-refractivity contribution in [3.63, 3.8) is 0 Å². The van der Waals surface area contributed by atoms with Gasteiger partial charge in [-0.25, -0.2) is 0 Å². The number of benzene rings is 1. The van der Waals surface area contributed by atoms with Gasteiger partial charge in [-0.2, -0.15) is 0 Å². The molecule has 0 atom stereocenters. The summed E-state index contributed by atoms with van der Waals surface area (Å²) in [6.07, 6.45) is 3.37. The zero-order chi connectivity index (χ0) is 11.8. The van der Waals surface area contributed by atoms with Crippen molar-refractivity contribution in [2.24, 2.45) is 0 Å². The van der Waals surface area contributed by atoms with Crippen molar-refractivity contribution in [1.82, 2.24) is 9.55 Å². The van der Waals surface area contributed by atoms with Gasteiger partial charge in [0.05, 0.1) is 30.1 Å². The molecule has 17 heavy (non-hydrogen) atoms. The van der Waals surface area contributed by atoms with Crippen molar-refractivity contribution in [2.45, 2.75) is 6.54 Å². The number of aromatic amines is 1. The maximum absolute atomic E-state index is 6.00. The summed E-state index contributed by atoms with van der Waals surface area (Å²) in [5.41, 5.74) is 3.06. The molecular formula is C12H9ClN2OS. The molecule has 2 aromatic heterocycles. The average molecular weight is 265 g/mol. The van der Waals surface area contributed by atoms with Crippen LogP contribution in [0.3, 0.4) is 0 Å². The fourth-order valence-corrected chi connectivity index (χ4v) is 2.29. The van der Waals surface area contributed by atoms with Crippen molar-refractivity contribution >= 4 is 34.9 Å². The van der Waals surface area contributed by atoms with Gasteiger partial charge < -0.3 is 14.0 Å². The molecule has 0 saturated heterocycles. The lowest BCUT2D eigenvalue weighted by Gasteiger charge is -2.02. The second kappa shape index (κ2) is 4.05. The Morgan fingerprint density at radius 1 is 1.35 bits per heavy atom. The second-order valence-corrected chi connectivity index (χ2v) is 4.63. The van der Waals surface area contributed by atoms with Crippen LogP contribution in [0.2, 0.25) is 5.02 Å². The highest BCUT2D eigenvalue weighted by atomic mass is 35.5. The maximum atomic E-state index is 6.00. The quantitative estimate of drug-likeness (QED) is 0.710. The minimum Gasteiger partial charge on any atom is -0.472 e. The number of nitrogens with zero attached hydrogens (tertiary/aromatic N) is 1. The Labute approximate surface area is 108 Å². The Morgan fingerprint density at radius 3 is 3.00 bits per heavy atom. The average Bonchev–Trinajstić information content (AvgIpc) is 2.90. The van der Waals surface area contributed by atoms with Gasteiger partial charge in [-0.15, -0.1) is 0 Å². The third kappa shape index (κ3) is 1.90. The summed E-state index contributed by atoms with van der Waals surface area (Å²) in [6.45, 7) is 0.676. The van der Waals surface area contributed by atoms with Crippen LogP contribution in [0, 0.1) is 4.77 Å². The maximum Gasteiger partial charge on any atom is 0.178 e. The number of H-pyrrole nitrogens is 1. The summed E-state index contributed by atoms with van der Waals surface area (Å²) < 4.78 is 7.74. The molecule has 1 N–H and O–H groups in total. The molecule has 3 rings (SSSR count). The SMILES string of the molecule is S=c1[nH]c2ccc(Cl)cc2n1Cc1ccoc1. The minimum atomic E-state index is 0.676. The van der Waals surface area contributed by atoms with Gasteiger partial charge in [-0.1, -0.05) is 11.6 Å². The first-order valence-corrected chi connectivity index (χ1v) is 5.92. The third-order valence-electron chi connectivity index (χ3n) is 2.66. The van der Waals surface area contributed by atoms with Crippen LogP contribution < -0.4 is 0 Å². The zero-order valence-electron chi connectivity index (χ0n) is 8.81. The molecule has 0 unspecified atom stereocenters. The number of fused-ring (bicyclic) bond motifs is 1. The molecule has 0 bridgehead atoms. The third-order valence-corrected chi connectivity index (χ3v) is 3.22. The van der Waals surface area contributed by atoms with E-state index in [2.05, 4.69) is 4.98 Å². The molecule has 0 amide bonds. The van der Waals surface area contributed by atoms with Gasteiger partial charge >= 0.3 is 0 Å². The summed E-state index contributed by atoms with van der Waals surface area (Å²) in [6, 6.07) is 7.60. The molecule has 5 heteroatoms. The van der Waals surface area contributed by atoms with E-state index in [1.807, 2.05) is 28.8 Å². The van der Waals surface area contributed by atoms with Crippen molar-refractivity contribution in [3.05, 3.63) is 52.1 Å². The lowest BCUT2D eigenvalue weighted by Crippen LogP contribution is -1.98. The van der Waals surface area contributed by atoms with Crippen molar-refractivity contribution in [1.29, 1.82) is 0 Å². The van der Waals surface area contributed by atoms with Crippen LogP contribution in [-0.4, -0.2) is 9.55 Å². The van der Waals surface area contributed by atoms with Crippen molar-refractivity contribution in [2.75, 3.05) is 0 Å². The van der Waals surface area contributed by atoms with E-state index in [4.69, 9.17) is 28.2 Å². The van der Waals surface area contributed by atoms with Gasteiger partial charge in [-0.3, -0.25) is 0 Å². The number of halogens is 1. The molecule has 0 saturated carbocycles. The number of nitrogens with one attached hydrogen (secondary N) is 1. The van der Waals surface area contributed by atoms with Gasteiger partial charge in [0.15, 0.2) is 4.77 Å². The summed E-state index contributed by atoms with van der Waals surface area (Å²) in [5, 5.41) is 0.701. The predicted octanol–water partition coefficient (Wildman–Crippen LogP) is 3.99. The van der Waals surface area contributed by atoms with E-state index < -0.39 is 0 Å². The van der Waals surface area contributed by atoms with E-state index in [1.165, 1.54) is 0 Å². The molecule has 3 aromatic rings. The van der Waals surface area contributed by atoms with Crippen LogP contribution in [0.5, 0.6) is 0 Å². The molecule has 0 aliphatic carbocycles. The molecular weight excluding hydrogens is 256 g/mol. The molecule has 0 fully saturated rings. The Hall–Kier alpha value is -1.52. The van der Waals surface area contributed by atoms with Crippen LogP contribution in [0.1, 0.15) is 5.56 Å². The first kappa shape index (κ1) is 10.6. The Morgan fingerprint density at radius 2 is 2.24 bits per heavy atom. The number of aromatic nitrogens is 2. The highest BCUT2D eigenvalue weighted by Gasteiger charge is 2.06. The summed E-state index contributed by atoms with van der Waals surface area (Å²) in [7, 11) is 0. The van der Waals surface area contributed by atoms with Crippen molar-refractivity contribution in [3.8, 4) is 0 Å². The minimum absolute atomic E-state index is 0.676. The highest BCUT2D eigenvalue weighted by Crippen LogP contribution is 2.20. The topological polar surface area (TPSA) is 33.9 Å². The van der Waals surface area contributed by atoms with E-state index in [9.17, 15) is 0 Å². The summed E-state index contributed by atoms with van der Waals surface area (Å²) in [5.74, 6) is 0. The van der Waals surface area contributed by atoms with E-state index in [1.54, 1.807) is 12.5 Å². The van der Waals surface area contributed by atoms with Gasteiger partial charge in [0.1, 0.15) is 0 Å². The first-order chi connectivity index (χ1) is 8.24. The van der Waals surface area contributed by atoms with Crippen molar-refractivity contribution < 1.29 is 4.42 Å². The Kier molecular flexibility index (Phi) is 2.53. The van der Waals surface area contributed by atoms with E-state index in [0.29, 0.717) is 16.3 Å². The predicted molar refractivity (Wildman–Crippen MR) is 69.9 cm³/mol. The fraction of sp³-hybridized carbons (Fsp3) is 0.0833. The molecule has 0 radical (unpaired) electrons. The number of rotatable bonds is 2. The Bertz CT molecular complexity index is 712. The van der Waals surface area contributed by atoms with Crippen LogP contribution in [-0.2, 0) is 6.54 Å². The molecule has 3 nitrogen and oxygen atoms in total. The highest BCUT2D eigenvalue weighted by molar-refractivity contribution is 7.71. The molecule has 0 aliphatic heterocycles. The number of furan rings is 1. The number of imidazole rings is 1. The number of hydrogen-bond acceptors (Lipinski definition) is 2. The second-order valence-electron chi connectivity index (χ2n) is 3.81. The van der Waals surface area contributed by atoms with Gasteiger partial charge in [0, 0.05) is 10.6 Å².